The van der Waals surface area contributed by atoms with Gasteiger partial charge in [-0.25, -0.2) is 0 Å². The first-order chi connectivity index (χ1) is 22.4. The quantitative estimate of drug-likeness (QED) is 0.0991. The van der Waals surface area contributed by atoms with Crippen molar-refractivity contribution in [1.82, 2.24) is 5.32 Å². The van der Waals surface area contributed by atoms with Gasteiger partial charge in [-0.2, -0.15) is 0 Å². The molecule has 0 aliphatic carbocycles. The summed E-state index contributed by atoms with van der Waals surface area (Å²) in [6.45, 7) is 0. The van der Waals surface area contributed by atoms with E-state index >= 15 is 0 Å². The molecule has 46 heavy (non-hydrogen) atoms. The third-order valence-electron chi connectivity index (χ3n) is 6.75. The highest BCUT2D eigenvalue weighted by Crippen LogP contribution is 2.37. The Balaban J connectivity index is 1.32. The molecule has 1 unspecified atom stereocenters. The number of methoxy groups -OCH3 is 1. The average molecular weight is 648 g/mol. The van der Waals surface area contributed by atoms with Crippen molar-refractivity contribution in [2.45, 2.75) is 10.1 Å². The molecule has 0 saturated carbocycles. The van der Waals surface area contributed by atoms with Crippen LogP contribution < -0.4 is 20.7 Å². The molecule has 5 rings (SSSR count). The Bertz CT molecular complexity index is 1830. The largest absolute Gasteiger partial charge is 0.497 e. The van der Waals surface area contributed by atoms with E-state index in [4.69, 9.17) is 16.3 Å². The Morgan fingerprint density at radius 2 is 1.37 bits per heavy atom. The molecule has 5 aromatic carbocycles. The molecule has 0 aliphatic rings. The van der Waals surface area contributed by atoms with Crippen molar-refractivity contribution in [2.24, 2.45) is 0 Å². The standard InChI is InChI=1S/C37H30ClN3O4S/c1-45-31-19-15-29(16-20-31)40-37(44)34(26-10-4-2-5-11-26)46-32-21-17-30(18-22-32)39-36(43)33(24-25-9-8-14-28(38)23-25)41-35(42)27-12-6-3-7-13-27/h2-24,34H,1H3,(H,39,43)(H,40,44)(H,41,42)/b33-24-. The van der Waals surface area contributed by atoms with Crippen LogP contribution in [0.25, 0.3) is 6.08 Å². The SMILES string of the molecule is COc1ccc(NC(=O)C(Sc2ccc(NC(=O)/C(=C/c3cccc(Cl)c3)NC(=O)c3ccccc3)cc2)c2ccccc2)cc1. The summed E-state index contributed by atoms with van der Waals surface area (Å²) in [7, 11) is 1.59. The first-order valence-corrected chi connectivity index (χ1v) is 15.6. The molecular formula is C37H30ClN3O4S. The Hall–Kier alpha value is -5.31. The van der Waals surface area contributed by atoms with E-state index in [0.717, 1.165) is 10.5 Å². The number of hydrogen-bond acceptors (Lipinski definition) is 5. The minimum absolute atomic E-state index is 0.0499. The molecule has 0 heterocycles. The molecule has 0 aromatic heterocycles. The summed E-state index contributed by atoms with van der Waals surface area (Å²) in [5.74, 6) is -0.408. The van der Waals surface area contributed by atoms with Gasteiger partial charge in [0.1, 0.15) is 16.7 Å². The topological polar surface area (TPSA) is 96.5 Å². The smallest absolute Gasteiger partial charge is 0.272 e. The van der Waals surface area contributed by atoms with Crippen LogP contribution in [0.3, 0.4) is 0 Å². The maximum atomic E-state index is 13.5. The van der Waals surface area contributed by atoms with E-state index < -0.39 is 17.1 Å². The lowest BCUT2D eigenvalue weighted by molar-refractivity contribution is -0.116. The number of anilines is 2. The maximum absolute atomic E-state index is 13.5. The molecular weight excluding hydrogens is 618 g/mol. The van der Waals surface area contributed by atoms with Crippen LogP contribution in [-0.4, -0.2) is 24.8 Å². The van der Waals surface area contributed by atoms with Crippen molar-refractivity contribution in [3.8, 4) is 5.75 Å². The number of amides is 3. The van der Waals surface area contributed by atoms with E-state index in [1.54, 1.807) is 98.1 Å². The molecule has 3 N–H and O–H groups in total. The number of thioether (sulfide) groups is 1. The van der Waals surface area contributed by atoms with Crippen molar-refractivity contribution in [3.05, 3.63) is 161 Å². The number of rotatable bonds is 11. The highest BCUT2D eigenvalue weighted by atomic mass is 35.5. The zero-order valence-electron chi connectivity index (χ0n) is 24.8. The van der Waals surface area contributed by atoms with Crippen LogP contribution in [0.5, 0.6) is 5.75 Å². The minimum Gasteiger partial charge on any atom is -0.497 e. The molecule has 230 valence electrons. The fraction of sp³-hybridized carbons (Fsp3) is 0.0541. The van der Waals surface area contributed by atoms with E-state index in [2.05, 4.69) is 16.0 Å². The van der Waals surface area contributed by atoms with Crippen LogP contribution in [-0.2, 0) is 9.59 Å². The molecule has 7 nitrogen and oxygen atoms in total. The molecule has 0 spiro atoms. The second-order valence-electron chi connectivity index (χ2n) is 10.0. The molecule has 0 radical (unpaired) electrons. The molecule has 5 aromatic rings. The summed E-state index contributed by atoms with van der Waals surface area (Å²) in [5, 5.41) is 8.54. The molecule has 3 amide bonds. The lowest BCUT2D eigenvalue weighted by Crippen LogP contribution is -2.30. The number of benzene rings is 5. The molecule has 0 saturated heterocycles. The third kappa shape index (κ3) is 8.88. The van der Waals surface area contributed by atoms with Gasteiger partial charge in [-0.15, -0.1) is 11.8 Å². The van der Waals surface area contributed by atoms with Gasteiger partial charge in [-0.3, -0.25) is 14.4 Å². The van der Waals surface area contributed by atoms with Gasteiger partial charge in [-0.05, 0) is 90.0 Å². The lowest BCUT2D eigenvalue weighted by Gasteiger charge is -2.18. The second-order valence-corrected chi connectivity index (χ2v) is 11.7. The van der Waals surface area contributed by atoms with E-state index in [9.17, 15) is 14.4 Å². The Morgan fingerprint density at radius 1 is 0.739 bits per heavy atom. The number of carbonyl (C=O) groups excluding carboxylic acids is 3. The summed E-state index contributed by atoms with van der Waals surface area (Å²) in [4.78, 5) is 40.6. The fourth-order valence-electron chi connectivity index (χ4n) is 4.44. The Kier molecular flexibility index (Phi) is 10.9. The van der Waals surface area contributed by atoms with Gasteiger partial charge in [0, 0.05) is 26.9 Å². The second kappa shape index (κ2) is 15.6. The highest BCUT2D eigenvalue weighted by Gasteiger charge is 2.22. The van der Waals surface area contributed by atoms with Gasteiger partial charge in [0.2, 0.25) is 5.91 Å². The van der Waals surface area contributed by atoms with Gasteiger partial charge in [0.25, 0.3) is 11.8 Å². The van der Waals surface area contributed by atoms with Crippen LogP contribution in [0.2, 0.25) is 5.02 Å². The van der Waals surface area contributed by atoms with Gasteiger partial charge in [0.05, 0.1) is 7.11 Å². The fourth-order valence-corrected chi connectivity index (χ4v) is 5.66. The van der Waals surface area contributed by atoms with E-state index in [1.165, 1.54) is 11.8 Å². The van der Waals surface area contributed by atoms with Crippen LogP contribution in [0.1, 0.15) is 26.7 Å². The third-order valence-corrected chi connectivity index (χ3v) is 8.25. The predicted molar refractivity (Wildman–Crippen MR) is 185 cm³/mol. The zero-order valence-corrected chi connectivity index (χ0v) is 26.3. The Labute approximate surface area is 276 Å². The normalized spacial score (nSPS) is 11.7. The van der Waals surface area contributed by atoms with Crippen LogP contribution in [0, 0.1) is 0 Å². The van der Waals surface area contributed by atoms with Crippen molar-refractivity contribution < 1.29 is 19.1 Å². The van der Waals surface area contributed by atoms with Crippen LogP contribution in [0.4, 0.5) is 11.4 Å². The van der Waals surface area contributed by atoms with Gasteiger partial charge >= 0.3 is 0 Å². The summed E-state index contributed by atoms with van der Waals surface area (Å²) in [5.41, 5.74) is 3.13. The van der Waals surface area contributed by atoms with E-state index in [0.29, 0.717) is 33.3 Å². The van der Waals surface area contributed by atoms with Gasteiger partial charge in [-0.1, -0.05) is 72.3 Å². The van der Waals surface area contributed by atoms with E-state index in [1.807, 2.05) is 48.5 Å². The molecule has 0 fully saturated rings. The average Bonchev–Trinajstić information content (AvgIpc) is 3.08. The number of hydrogen-bond donors (Lipinski definition) is 3. The first-order valence-electron chi connectivity index (χ1n) is 14.3. The Morgan fingerprint density at radius 3 is 2.02 bits per heavy atom. The summed E-state index contributed by atoms with van der Waals surface area (Å²) >= 11 is 7.54. The highest BCUT2D eigenvalue weighted by molar-refractivity contribution is 8.00. The summed E-state index contributed by atoms with van der Waals surface area (Å²) < 4.78 is 5.21. The minimum atomic E-state index is -0.538. The monoisotopic (exact) mass is 647 g/mol. The molecule has 0 bridgehead atoms. The van der Waals surface area contributed by atoms with Crippen LogP contribution in [0.15, 0.2) is 144 Å². The van der Waals surface area contributed by atoms with Gasteiger partial charge < -0.3 is 20.7 Å². The van der Waals surface area contributed by atoms with Crippen molar-refractivity contribution in [2.75, 3.05) is 17.7 Å². The summed E-state index contributed by atoms with van der Waals surface area (Å²) in [6.07, 6.45) is 1.57. The van der Waals surface area contributed by atoms with E-state index in [-0.39, 0.29) is 11.6 Å². The van der Waals surface area contributed by atoms with Gasteiger partial charge in [0.15, 0.2) is 0 Å². The predicted octanol–water partition coefficient (Wildman–Crippen LogP) is 8.23. The summed E-state index contributed by atoms with van der Waals surface area (Å²) in [6, 6.07) is 39.5. The maximum Gasteiger partial charge on any atom is 0.272 e. The number of carbonyl (C=O) groups is 3. The first kappa shape index (κ1) is 32.1. The van der Waals surface area contributed by atoms with Crippen molar-refractivity contribution in [3.63, 3.8) is 0 Å². The number of nitrogens with one attached hydrogen (secondary N) is 3. The number of halogens is 1. The van der Waals surface area contributed by atoms with Crippen molar-refractivity contribution in [1.29, 1.82) is 0 Å². The lowest BCUT2D eigenvalue weighted by atomic mass is 10.1. The molecule has 1 atom stereocenters. The number of ether oxygens (including phenoxy) is 1. The van der Waals surface area contributed by atoms with Crippen LogP contribution >= 0.6 is 23.4 Å². The molecule has 9 heteroatoms. The molecule has 0 aliphatic heterocycles. The van der Waals surface area contributed by atoms with Crippen molar-refractivity contribution >= 4 is 58.5 Å². The zero-order chi connectivity index (χ0) is 32.3.